The minimum atomic E-state index is -0.708. The Morgan fingerprint density at radius 1 is 1.06 bits per heavy atom. The number of hydrogen-bond acceptors (Lipinski definition) is 3. The molecule has 0 aromatic rings. The summed E-state index contributed by atoms with van der Waals surface area (Å²) in [5.74, 6) is 0.0899. The van der Waals surface area contributed by atoms with E-state index in [0.717, 1.165) is 6.42 Å². The predicted octanol–water partition coefficient (Wildman–Crippen LogP) is 3.05. The van der Waals surface area contributed by atoms with Crippen LogP contribution in [0.2, 0.25) is 0 Å². The van der Waals surface area contributed by atoms with Crippen LogP contribution in [-0.4, -0.2) is 23.0 Å². The first kappa shape index (κ1) is 15.0. The van der Waals surface area contributed by atoms with Crippen molar-refractivity contribution in [1.29, 1.82) is 0 Å². The van der Waals surface area contributed by atoms with Gasteiger partial charge in [0.25, 0.3) is 0 Å². The number of ketones is 1. The molecule has 1 N–H and O–H groups in total. The summed E-state index contributed by atoms with van der Waals surface area (Å²) in [4.78, 5) is 24.2. The monoisotopic (exact) mass is 255 g/mol. The highest BCUT2D eigenvalue weighted by Gasteiger charge is 2.49. The molecule has 0 saturated heterocycles. The van der Waals surface area contributed by atoms with Crippen molar-refractivity contribution in [2.75, 3.05) is 0 Å². The maximum Gasteiger partial charge on any atom is 0.408 e. The largest absolute Gasteiger partial charge is 0.444 e. The maximum absolute atomic E-state index is 12.4. The number of carbonyl (C=O) groups is 2. The zero-order valence-corrected chi connectivity index (χ0v) is 12.3. The SMILES string of the molecule is CC(C)(C)OC(=O)NC1(C(=O)C(C)(C)C)CCC1. The van der Waals surface area contributed by atoms with E-state index < -0.39 is 22.6 Å². The summed E-state index contributed by atoms with van der Waals surface area (Å²) in [6.45, 7) is 11.1. The van der Waals surface area contributed by atoms with E-state index >= 15 is 0 Å². The van der Waals surface area contributed by atoms with Crippen molar-refractivity contribution in [3.05, 3.63) is 0 Å². The van der Waals surface area contributed by atoms with Gasteiger partial charge < -0.3 is 10.1 Å². The standard InChI is InChI=1S/C14H25NO3/c1-12(2,3)10(16)14(8-7-9-14)15-11(17)18-13(4,5)6/h7-9H2,1-6H3,(H,15,17). The van der Waals surface area contributed by atoms with E-state index in [1.165, 1.54) is 0 Å². The van der Waals surface area contributed by atoms with Gasteiger partial charge in [-0.3, -0.25) is 4.79 Å². The molecule has 0 aromatic carbocycles. The molecule has 0 radical (unpaired) electrons. The third-order valence-corrected chi connectivity index (χ3v) is 3.06. The van der Waals surface area contributed by atoms with Gasteiger partial charge in [-0.05, 0) is 40.0 Å². The molecule has 1 saturated carbocycles. The lowest BCUT2D eigenvalue weighted by Gasteiger charge is -2.44. The van der Waals surface area contributed by atoms with Crippen molar-refractivity contribution in [2.45, 2.75) is 71.9 Å². The first-order chi connectivity index (χ1) is 7.96. The smallest absolute Gasteiger partial charge is 0.408 e. The van der Waals surface area contributed by atoms with Crippen LogP contribution in [0, 0.1) is 5.41 Å². The number of amides is 1. The van der Waals surface area contributed by atoms with Crippen LogP contribution >= 0.6 is 0 Å². The van der Waals surface area contributed by atoms with Crippen molar-refractivity contribution in [3.63, 3.8) is 0 Å². The summed E-state index contributed by atoms with van der Waals surface area (Å²) in [5, 5.41) is 2.78. The third kappa shape index (κ3) is 3.47. The Morgan fingerprint density at radius 3 is 1.83 bits per heavy atom. The molecule has 18 heavy (non-hydrogen) atoms. The van der Waals surface area contributed by atoms with E-state index in [9.17, 15) is 9.59 Å². The fraction of sp³-hybridized carbons (Fsp3) is 0.857. The summed E-state index contributed by atoms with van der Waals surface area (Å²) in [7, 11) is 0. The van der Waals surface area contributed by atoms with Gasteiger partial charge in [-0.1, -0.05) is 20.8 Å². The second kappa shape index (κ2) is 4.56. The molecule has 4 heteroatoms. The molecule has 0 atom stereocenters. The molecule has 0 bridgehead atoms. The van der Waals surface area contributed by atoms with E-state index in [1.54, 1.807) is 0 Å². The first-order valence-corrected chi connectivity index (χ1v) is 6.52. The molecule has 0 heterocycles. The van der Waals surface area contributed by atoms with Crippen LogP contribution in [0.25, 0.3) is 0 Å². The second-order valence-corrected chi connectivity index (χ2v) is 7.14. The maximum atomic E-state index is 12.4. The number of hydrogen-bond donors (Lipinski definition) is 1. The molecule has 1 rings (SSSR count). The lowest BCUT2D eigenvalue weighted by Crippen LogP contribution is -2.62. The van der Waals surface area contributed by atoms with Gasteiger partial charge in [-0.2, -0.15) is 0 Å². The zero-order chi connectivity index (χ0) is 14.2. The van der Waals surface area contributed by atoms with Crippen molar-refractivity contribution in [1.82, 2.24) is 5.32 Å². The van der Waals surface area contributed by atoms with Crippen LogP contribution < -0.4 is 5.32 Å². The van der Waals surface area contributed by atoms with Crippen LogP contribution in [0.5, 0.6) is 0 Å². The number of alkyl carbamates (subject to hydrolysis) is 1. The van der Waals surface area contributed by atoms with Gasteiger partial charge in [0.05, 0.1) is 0 Å². The predicted molar refractivity (Wildman–Crippen MR) is 70.4 cm³/mol. The average molecular weight is 255 g/mol. The van der Waals surface area contributed by atoms with E-state index in [2.05, 4.69) is 5.32 Å². The quantitative estimate of drug-likeness (QED) is 0.825. The molecule has 0 aromatic heterocycles. The minimum absolute atomic E-state index is 0.0899. The highest BCUT2D eigenvalue weighted by Crippen LogP contribution is 2.38. The van der Waals surface area contributed by atoms with E-state index in [4.69, 9.17) is 4.74 Å². The Labute approximate surface area is 109 Å². The number of rotatable bonds is 2. The highest BCUT2D eigenvalue weighted by atomic mass is 16.6. The average Bonchev–Trinajstić information content (AvgIpc) is 2.05. The minimum Gasteiger partial charge on any atom is -0.444 e. The lowest BCUT2D eigenvalue weighted by molar-refractivity contribution is -0.136. The van der Waals surface area contributed by atoms with Gasteiger partial charge in [0.2, 0.25) is 0 Å². The second-order valence-electron chi connectivity index (χ2n) is 7.14. The molecule has 0 aliphatic heterocycles. The third-order valence-electron chi connectivity index (χ3n) is 3.06. The highest BCUT2D eigenvalue weighted by molar-refractivity contribution is 5.96. The van der Waals surface area contributed by atoms with Gasteiger partial charge in [-0.25, -0.2) is 4.79 Å². The molecule has 0 spiro atoms. The summed E-state index contributed by atoms with van der Waals surface area (Å²) in [5.41, 5.74) is -1.70. The molecule has 1 fully saturated rings. The first-order valence-electron chi connectivity index (χ1n) is 6.52. The summed E-state index contributed by atoms with van der Waals surface area (Å²) >= 11 is 0. The molecular formula is C14H25NO3. The number of carbonyl (C=O) groups excluding carboxylic acids is 2. The molecular weight excluding hydrogens is 230 g/mol. The zero-order valence-electron chi connectivity index (χ0n) is 12.3. The number of ether oxygens (including phenoxy) is 1. The van der Waals surface area contributed by atoms with Crippen LogP contribution in [0.4, 0.5) is 4.79 Å². The van der Waals surface area contributed by atoms with Gasteiger partial charge in [0, 0.05) is 5.41 Å². The van der Waals surface area contributed by atoms with Gasteiger partial charge >= 0.3 is 6.09 Å². The topological polar surface area (TPSA) is 55.4 Å². The lowest BCUT2D eigenvalue weighted by atomic mass is 9.67. The Kier molecular flexibility index (Phi) is 3.80. The Balaban J connectivity index is 2.73. The molecule has 104 valence electrons. The van der Waals surface area contributed by atoms with E-state index in [0.29, 0.717) is 12.8 Å². The van der Waals surface area contributed by atoms with Crippen molar-refractivity contribution < 1.29 is 14.3 Å². The summed E-state index contributed by atoms with van der Waals surface area (Å²) < 4.78 is 5.23. The normalized spacial score (nSPS) is 18.8. The number of Topliss-reactive ketones (excluding diaryl/α,β-unsaturated/α-hetero) is 1. The van der Waals surface area contributed by atoms with Crippen molar-refractivity contribution >= 4 is 11.9 Å². The molecule has 4 nitrogen and oxygen atoms in total. The molecule has 0 unspecified atom stereocenters. The molecule has 1 amide bonds. The van der Waals surface area contributed by atoms with Crippen molar-refractivity contribution in [3.8, 4) is 0 Å². The van der Waals surface area contributed by atoms with Crippen LogP contribution in [0.15, 0.2) is 0 Å². The molecule has 1 aliphatic carbocycles. The Bertz CT molecular complexity index is 343. The van der Waals surface area contributed by atoms with Gasteiger partial charge in [0.15, 0.2) is 5.78 Å². The number of nitrogens with one attached hydrogen (secondary N) is 1. The van der Waals surface area contributed by atoms with Gasteiger partial charge in [0.1, 0.15) is 11.1 Å². The summed E-state index contributed by atoms with van der Waals surface area (Å²) in [6.07, 6.45) is 1.89. The van der Waals surface area contributed by atoms with Crippen LogP contribution in [0.1, 0.15) is 60.8 Å². The fourth-order valence-electron chi connectivity index (χ4n) is 2.16. The van der Waals surface area contributed by atoms with E-state index in [-0.39, 0.29) is 5.78 Å². The fourth-order valence-corrected chi connectivity index (χ4v) is 2.16. The summed E-state index contributed by atoms with van der Waals surface area (Å²) in [6, 6.07) is 0. The van der Waals surface area contributed by atoms with Gasteiger partial charge in [-0.15, -0.1) is 0 Å². The van der Waals surface area contributed by atoms with E-state index in [1.807, 2.05) is 41.5 Å². The Hall–Kier alpha value is -1.06. The van der Waals surface area contributed by atoms with Crippen LogP contribution in [0.3, 0.4) is 0 Å². The van der Waals surface area contributed by atoms with Crippen molar-refractivity contribution in [2.24, 2.45) is 5.41 Å². The molecule has 1 aliphatic rings. The van der Waals surface area contributed by atoms with Crippen LogP contribution in [-0.2, 0) is 9.53 Å². The Morgan fingerprint density at radius 2 is 1.56 bits per heavy atom.